The fourth-order valence-corrected chi connectivity index (χ4v) is 1.82. The highest BCUT2D eigenvalue weighted by atomic mass is 16.6. The minimum Gasteiger partial charge on any atom is -0.464 e. The Morgan fingerprint density at radius 1 is 1.41 bits per heavy atom. The maximum Gasteiger partial charge on any atom is 0.335 e. The van der Waals surface area contributed by atoms with Gasteiger partial charge in [0.15, 0.2) is 6.10 Å². The summed E-state index contributed by atoms with van der Waals surface area (Å²) in [6.07, 6.45) is 3.44. The lowest BCUT2D eigenvalue weighted by Crippen LogP contribution is -2.38. The molecule has 17 heavy (non-hydrogen) atoms. The normalized spacial score (nSPS) is 24.9. The fourth-order valence-electron chi connectivity index (χ4n) is 1.82. The number of unbranched alkanes of at least 4 members (excludes halogenated alkanes) is 1. The van der Waals surface area contributed by atoms with Crippen LogP contribution in [0.3, 0.4) is 0 Å². The van der Waals surface area contributed by atoms with E-state index in [1.807, 2.05) is 13.8 Å². The van der Waals surface area contributed by atoms with Crippen LogP contribution in [0.5, 0.6) is 0 Å². The molecule has 0 aliphatic carbocycles. The summed E-state index contributed by atoms with van der Waals surface area (Å²) in [5.41, 5.74) is 0. The van der Waals surface area contributed by atoms with Crippen LogP contribution in [0.4, 0.5) is 0 Å². The van der Waals surface area contributed by atoms with Crippen LogP contribution in [0.25, 0.3) is 0 Å². The van der Waals surface area contributed by atoms with Gasteiger partial charge in [0.1, 0.15) is 0 Å². The molecule has 0 radical (unpaired) electrons. The average molecular weight is 244 g/mol. The highest BCUT2D eigenvalue weighted by Crippen LogP contribution is 2.18. The minimum absolute atomic E-state index is 0.120. The van der Waals surface area contributed by atoms with Gasteiger partial charge in [-0.25, -0.2) is 4.79 Å². The second-order valence-electron chi connectivity index (χ2n) is 4.73. The van der Waals surface area contributed by atoms with Crippen molar-refractivity contribution in [2.24, 2.45) is 0 Å². The molecule has 0 spiro atoms. The zero-order valence-corrected chi connectivity index (χ0v) is 11.1. The number of carbonyl (C=O) groups is 1. The Labute approximate surface area is 104 Å². The first kappa shape index (κ1) is 14.5. The van der Waals surface area contributed by atoms with Crippen molar-refractivity contribution in [1.82, 2.24) is 0 Å². The first-order valence-corrected chi connectivity index (χ1v) is 6.57. The molecule has 0 amide bonds. The van der Waals surface area contributed by atoms with Crippen molar-refractivity contribution in [3.8, 4) is 0 Å². The molecule has 0 aromatic heterocycles. The van der Waals surface area contributed by atoms with Crippen molar-refractivity contribution in [2.75, 3.05) is 13.2 Å². The molecule has 0 saturated carbocycles. The van der Waals surface area contributed by atoms with E-state index in [-0.39, 0.29) is 24.3 Å². The lowest BCUT2D eigenvalue weighted by atomic mass is 10.1. The lowest BCUT2D eigenvalue weighted by Gasteiger charge is -2.29. The number of esters is 1. The molecule has 1 saturated heterocycles. The quantitative estimate of drug-likeness (QED) is 0.531. The Hall–Kier alpha value is -0.610. The van der Waals surface area contributed by atoms with E-state index in [9.17, 15) is 4.79 Å². The van der Waals surface area contributed by atoms with E-state index in [0.29, 0.717) is 19.6 Å². The summed E-state index contributed by atoms with van der Waals surface area (Å²) in [5, 5.41) is 0. The molecule has 1 rings (SSSR count). The number of rotatable bonds is 6. The van der Waals surface area contributed by atoms with E-state index in [2.05, 4.69) is 6.92 Å². The van der Waals surface area contributed by atoms with Gasteiger partial charge in [-0.05, 0) is 33.1 Å². The van der Waals surface area contributed by atoms with Crippen molar-refractivity contribution in [1.29, 1.82) is 0 Å². The second-order valence-corrected chi connectivity index (χ2v) is 4.73. The van der Waals surface area contributed by atoms with Crippen molar-refractivity contribution in [3.05, 3.63) is 0 Å². The van der Waals surface area contributed by atoms with E-state index in [0.717, 1.165) is 19.3 Å². The molecule has 0 N–H and O–H groups in total. The van der Waals surface area contributed by atoms with Crippen LogP contribution < -0.4 is 0 Å². The zero-order valence-electron chi connectivity index (χ0n) is 11.1. The summed E-state index contributed by atoms with van der Waals surface area (Å²) in [6.45, 7) is 7.07. The number of hydrogen-bond donors (Lipinski definition) is 0. The van der Waals surface area contributed by atoms with Crippen molar-refractivity contribution < 1.29 is 19.0 Å². The topological polar surface area (TPSA) is 44.8 Å². The molecule has 0 unspecified atom stereocenters. The van der Waals surface area contributed by atoms with Crippen molar-refractivity contribution >= 4 is 5.97 Å². The van der Waals surface area contributed by atoms with E-state index in [1.165, 1.54) is 0 Å². The van der Waals surface area contributed by atoms with Gasteiger partial charge in [-0.15, -0.1) is 0 Å². The molecule has 2 atom stereocenters. The van der Waals surface area contributed by atoms with Gasteiger partial charge < -0.3 is 14.2 Å². The predicted octanol–water partition coefficient (Wildman–Crippen LogP) is 2.30. The third-order valence-corrected chi connectivity index (χ3v) is 2.70. The average Bonchev–Trinajstić information content (AvgIpc) is 2.29. The van der Waals surface area contributed by atoms with Crippen LogP contribution in [-0.2, 0) is 19.0 Å². The van der Waals surface area contributed by atoms with Gasteiger partial charge in [0.2, 0.25) is 0 Å². The molecule has 0 bridgehead atoms. The minimum atomic E-state index is -0.390. The molecule has 1 aliphatic heterocycles. The summed E-state index contributed by atoms with van der Waals surface area (Å²) in [7, 11) is 0. The van der Waals surface area contributed by atoms with Gasteiger partial charge in [-0.1, -0.05) is 13.3 Å². The third-order valence-electron chi connectivity index (χ3n) is 2.70. The number of hydrogen-bond acceptors (Lipinski definition) is 4. The monoisotopic (exact) mass is 244 g/mol. The summed E-state index contributed by atoms with van der Waals surface area (Å²) in [4.78, 5) is 11.6. The lowest BCUT2D eigenvalue weighted by molar-refractivity contribution is -0.168. The van der Waals surface area contributed by atoms with Crippen LogP contribution in [0.1, 0.15) is 46.5 Å². The van der Waals surface area contributed by atoms with Gasteiger partial charge >= 0.3 is 5.97 Å². The van der Waals surface area contributed by atoms with Crippen LogP contribution >= 0.6 is 0 Å². The highest BCUT2D eigenvalue weighted by Gasteiger charge is 2.28. The highest BCUT2D eigenvalue weighted by molar-refractivity contribution is 5.74. The second kappa shape index (κ2) is 7.67. The Morgan fingerprint density at radius 2 is 2.18 bits per heavy atom. The smallest absolute Gasteiger partial charge is 0.335 e. The number of carbonyl (C=O) groups excluding carboxylic acids is 1. The van der Waals surface area contributed by atoms with Crippen LogP contribution in [0.15, 0.2) is 0 Å². The maximum atomic E-state index is 11.6. The van der Waals surface area contributed by atoms with Crippen LogP contribution in [0.2, 0.25) is 0 Å². The maximum absolute atomic E-state index is 11.6. The largest absolute Gasteiger partial charge is 0.464 e. The predicted molar refractivity (Wildman–Crippen MR) is 64.9 cm³/mol. The van der Waals surface area contributed by atoms with E-state index < -0.39 is 0 Å². The van der Waals surface area contributed by atoms with E-state index in [1.54, 1.807) is 0 Å². The summed E-state index contributed by atoms with van der Waals surface area (Å²) < 4.78 is 16.3. The molecular weight excluding hydrogens is 220 g/mol. The summed E-state index contributed by atoms with van der Waals surface area (Å²) in [6, 6.07) is 0. The summed E-state index contributed by atoms with van der Waals surface area (Å²) >= 11 is 0. The van der Waals surface area contributed by atoms with Crippen LogP contribution in [-0.4, -0.2) is 37.5 Å². The molecule has 0 aromatic rings. The molecule has 100 valence electrons. The number of ether oxygens (including phenoxy) is 3. The molecule has 0 aromatic carbocycles. The van der Waals surface area contributed by atoms with Gasteiger partial charge in [0.25, 0.3) is 0 Å². The van der Waals surface area contributed by atoms with Crippen molar-refractivity contribution in [2.45, 2.75) is 64.8 Å². The van der Waals surface area contributed by atoms with E-state index in [4.69, 9.17) is 14.2 Å². The Kier molecular flexibility index (Phi) is 6.52. The van der Waals surface area contributed by atoms with Crippen LogP contribution in [0, 0.1) is 0 Å². The first-order chi connectivity index (χ1) is 8.13. The summed E-state index contributed by atoms with van der Waals surface area (Å²) in [5.74, 6) is -0.221. The molecule has 1 aliphatic rings. The molecule has 1 fully saturated rings. The zero-order chi connectivity index (χ0) is 12.7. The van der Waals surface area contributed by atoms with Gasteiger partial charge in [-0.3, -0.25) is 0 Å². The SMILES string of the molecule is CCCCOC(=O)[C@H]1CC[C@H](OC(C)C)CO1. The van der Waals surface area contributed by atoms with Crippen molar-refractivity contribution in [3.63, 3.8) is 0 Å². The molecule has 4 nitrogen and oxygen atoms in total. The molecule has 4 heteroatoms. The molecule has 1 heterocycles. The Bertz CT molecular complexity index is 219. The standard InChI is InChI=1S/C13H24O4/c1-4-5-8-15-13(14)12-7-6-11(9-16-12)17-10(2)3/h10-12H,4-9H2,1-3H3/t11-,12+/m0/s1. The Morgan fingerprint density at radius 3 is 2.71 bits per heavy atom. The third kappa shape index (κ3) is 5.50. The first-order valence-electron chi connectivity index (χ1n) is 6.57. The van der Waals surface area contributed by atoms with Gasteiger partial charge in [-0.2, -0.15) is 0 Å². The van der Waals surface area contributed by atoms with Gasteiger partial charge in [0.05, 0.1) is 25.4 Å². The Balaban J connectivity index is 2.19. The fraction of sp³-hybridized carbons (Fsp3) is 0.923. The van der Waals surface area contributed by atoms with Gasteiger partial charge in [0, 0.05) is 0 Å². The van der Waals surface area contributed by atoms with E-state index >= 15 is 0 Å². The molecular formula is C13H24O4.